The Labute approximate surface area is 121 Å². The fourth-order valence-corrected chi connectivity index (χ4v) is 1.74. The van der Waals surface area contributed by atoms with Crippen LogP contribution < -0.4 is 0 Å². The number of nitriles is 1. The van der Waals surface area contributed by atoms with Crippen LogP contribution in [-0.4, -0.2) is 42.8 Å². The third-order valence-corrected chi connectivity index (χ3v) is 2.45. The minimum atomic E-state index is -1.01. The molecule has 0 unspecified atom stereocenters. The Morgan fingerprint density at radius 1 is 1.19 bits per heavy atom. The highest BCUT2D eigenvalue weighted by Crippen LogP contribution is 2.23. The van der Waals surface area contributed by atoms with Gasteiger partial charge in [-0.1, -0.05) is 0 Å². The molecule has 3 atom stereocenters. The molecule has 8 heteroatoms. The van der Waals surface area contributed by atoms with Crippen molar-refractivity contribution in [1.29, 1.82) is 5.26 Å². The standard InChI is InChI=1S/C13H15NO7/c1-7(15)18-6-12-13(20-9(3)17)11(19-8(2)16)4-10(5-14)21-12/h4,11-13H,6H2,1-3H3/t11-,12-,13-/m1/s1. The summed E-state index contributed by atoms with van der Waals surface area (Å²) in [7, 11) is 0. The smallest absolute Gasteiger partial charge is 0.303 e. The van der Waals surface area contributed by atoms with E-state index in [0.29, 0.717) is 0 Å². The molecule has 1 aliphatic heterocycles. The molecular weight excluding hydrogens is 282 g/mol. The first kappa shape index (κ1) is 16.5. The van der Waals surface area contributed by atoms with Gasteiger partial charge in [-0.2, -0.15) is 5.26 Å². The average Bonchev–Trinajstić information content (AvgIpc) is 2.37. The zero-order valence-electron chi connectivity index (χ0n) is 11.8. The molecule has 0 radical (unpaired) electrons. The maximum Gasteiger partial charge on any atom is 0.303 e. The van der Waals surface area contributed by atoms with Gasteiger partial charge < -0.3 is 18.9 Å². The molecule has 0 bridgehead atoms. The normalized spacial score (nSPS) is 23.9. The quantitative estimate of drug-likeness (QED) is 0.535. The fraction of sp³-hybridized carbons (Fsp3) is 0.538. The Hall–Kier alpha value is -2.56. The zero-order valence-corrected chi connectivity index (χ0v) is 11.8. The van der Waals surface area contributed by atoms with Gasteiger partial charge >= 0.3 is 17.9 Å². The van der Waals surface area contributed by atoms with Gasteiger partial charge in [-0.3, -0.25) is 14.4 Å². The summed E-state index contributed by atoms with van der Waals surface area (Å²) in [4.78, 5) is 33.2. The Bertz CT molecular complexity index is 505. The van der Waals surface area contributed by atoms with Gasteiger partial charge in [0.25, 0.3) is 0 Å². The summed E-state index contributed by atoms with van der Waals surface area (Å²) in [5, 5.41) is 8.91. The number of rotatable bonds is 4. The number of carbonyl (C=O) groups is 3. The number of nitrogens with zero attached hydrogens (tertiary/aromatic N) is 1. The number of hydrogen-bond donors (Lipinski definition) is 0. The highest BCUT2D eigenvalue weighted by molar-refractivity contribution is 5.68. The van der Waals surface area contributed by atoms with Crippen LogP contribution in [0.25, 0.3) is 0 Å². The van der Waals surface area contributed by atoms with Gasteiger partial charge in [0.2, 0.25) is 0 Å². The highest BCUT2D eigenvalue weighted by atomic mass is 16.6. The van der Waals surface area contributed by atoms with Crippen LogP contribution in [0, 0.1) is 11.3 Å². The molecule has 21 heavy (non-hydrogen) atoms. The molecule has 0 saturated carbocycles. The van der Waals surface area contributed by atoms with Crippen molar-refractivity contribution in [2.75, 3.05) is 6.61 Å². The van der Waals surface area contributed by atoms with E-state index < -0.39 is 36.2 Å². The van der Waals surface area contributed by atoms with E-state index in [0.717, 1.165) is 0 Å². The molecular formula is C13H15NO7. The molecule has 1 aliphatic rings. The number of hydrogen-bond acceptors (Lipinski definition) is 8. The van der Waals surface area contributed by atoms with Crippen LogP contribution in [0.3, 0.4) is 0 Å². The van der Waals surface area contributed by atoms with Crippen LogP contribution in [-0.2, 0) is 33.3 Å². The van der Waals surface area contributed by atoms with E-state index in [2.05, 4.69) is 0 Å². The first-order valence-electron chi connectivity index (χ1n) is 6.10. The van der Waals surface area contributed by atoms with Crippen molar-refractivity contribution in [3.8, 4) is 6.07 Å². The van der Waals surface area contributed by atoms with Crippen LogP contribution in [0.4, 0.5) is 0 Å². The van der Waals surface area contributed by atoms with Crippen molar-refractivity contribution >= 4 is 17.9 Å². The molecule has 0 aromatic heterocycles. The second-order valence-electron chi connectivity index (χ2n) is 4.25. The molecule has 114 valence electrons. The number of allylic oxidation sites excluding steroid dienone is 1. The van der Waals surface area contributed by atoms with Crippen molar-refractivity contribution in [3.05, 3.63) is 11.8 Å². The van der Waals surface area contributed by atoms with Crippen LogP contribution in [0.15, 0.2) is 11.8 Å². The van der Waals surface area contributed by atoms with E-state index in [1.807, 2.05) is 0 Å². The van der Waals surface area contributed by atoms with Crippen molar-refractivity contribution < 1.29 is 33.3 Å². The van der Waals surface area contributed by atoms with Crippen LogP contribution in [0.5, 0.6) is 0 Å². The average molecular weight is 297 g/mol. The molecule has 0 saturated heterocycles. The molecule has 0 amide bonds. The minimum absolute atomic E-state index is 0.109. The number of carbonyl (C=O) groups excluding carboxylic acids is 3. The third kappa shape index (κ3) is 5.14. The summed E-state index contributed by atoms with van der Waals surface area (Å²) in [5.74, 6) is -1.90. The molecule has 0 N–H and O–H groups in total. The summed E-state index contributed by atoms with van der Waals surface area (Å²) in [6.45, 7) is 3.32. The van der Waals surface area contributed by atoms with Crippen LogP contribution in [0.2, 0.25) is 0 Å². The van der Waals surface area contributed by atoms with Gasteiger partial charge in [-0.05, 0) is 0 Å². The van der Waals surface area contributed by atoms with E-state index in [1.165, 1.54) is 26.8 Å². The lowest BCUT2D eigenvalue weighted by Gasteiger charge is -2.34. The van der Waals surface area contributed by atoms with Gasteiger partial charge in [0.1, 0.15) is 12.7 Å². The molecule has 1 rings (SSSR count). The van der Waals surface area contributed by atoms with E-state index in [1.54, 1.807) is 6.07 Å². The summed E-state index contributed by atoms with van der Waals surface area (Å²) in [6, 6.07) is 1.77. The van der Waals surface area contributed by atoms with Gasteiger partial charge in [0.05, 0.1) is 0 Å². The van der Waals surface area contributed by atoms with Crippen LogP contribution in [0.1, 0.15) is 20.8 Å². The first-order chi connectivity index (χ1) is 9.83. The summed E-state index contributed by atoms with van der Waals surface area (Å²) in [5.41, 5.74) is 0. The Morgan fingerprint density at radius 3 is 2.29 bits per heavy atom. The molecule has 1 heterocycles. The first-order valence-corrected chi connectivity index (χ1v) is 6.10. The Balaban J connectivity index is 2.99. The predicted molar refractivity (Wildman–Crippen MR) is 66.3 cm³/mol. The third-order valence-electron chi connectivity index (χ3n) is 2.45. The van der Waals surface area contributed by atoms with Crippen molar-refractivity contribution in [2.24, 2.45) is 0 Å². The van der Waals surface area contributed by atoms with E-state index >= 15 is 0 Å². The molecule has 0 spiro atoms. The number of ether oxygens (including phenoxy) is 4. The van der Waals surface area contributed by atoms with Gasteiger partial charge in [0.15, 0.2) is 24.1 Å². The fourth-order valence-electron chi connectivity index (χ4n) is 1.74. The summed E-state index contributed by atoms with van der Waals surface area (Å²) >= 11 is 0. The predicted octanol–water partition coefficient (Wildman–Crippen LogP) is 0.219. The summed E-state index contributed by atoms with van der Waals surface area (Å²) in [6.07, 6.45) is -1.71. The lowest BCUT2D eigenvalue weighted by Crippen LogP contribution is -2.48. The van der Waals surface area contributed by atoms with Crippen molar-refractivity contribution in [2.45, 2.75) is 39.1 Å². The van der Waals surface area contributed by atoms with E-state index in [9.17, 15) is 14.4 Å². The second kappa shape index (κ2) is 7.28. The van der Waals surface area contributed by atoms with E-state index in [4.69, 9.17) is 24.2 Å². The minimum Gasteiger partial charge on any atom is -0.473 e. The van der Waals surface area contributed by atoms with Gasteiger partial charge in [-0.25, -0.2) is 0 Å². The Kier molecular flexibility index (Phi) is 5.72. The van der Waals surface area contributed by atoms with E-state index in [-0.39, 0.29) is 12.4 Å². The van der Waals surface area contributed by atoms with Gasteiger partial charge in [-0.15, -0.1) is 0 Å². The SMILES string of the molecule is CC(=O)OC[C@H]1OC(C#N)=C[C@@H](OC(C)=O)[C@H]1OC(C)=O. The molecule has 0 aliphatic carbocycles. The topological polar surface area (TPSA) is 112 Å². The molecule has 8 nitrogen and oxygen atoms in total. The lowest BCUT2D eigenvalue weighted by molar-refractivity contribution is -0.180. The van der Waals surface area contributed by atoms with Crippen molar-refractivity contribution in [1.82, 2.24) is 0 Å². The molecule has 0 aromatic rings. The lowest BCUT2D eigenvalue weighted by atomic mass is 10.0. The molecule has 0 aromatic carbocycles. The van der Waals surface area contributed by atoms with Crippen LogP contribution >= 0.6 is 0 Å². The van der Waals surface area contributed by atoms with Crippen molar-refractivity contribution in [3.63, 3.8) is 0 Å². The second-order valence-corrected chi connectivity index (χ2v) is 4.25. The van der Waals surface area contributed by atoms with Gasteiger partial charge in [0, 0.05) is 26.8 Å². The Morgan fingerprint density at radius 2 is 1.81 bits per heavy atom. The monoisotopic (exact) mass is 297 g/mol. The maximum absolute atomic E-state index is 11.2. The maximum atomic E-state index is 11.2. The largest absolute Gasteiger partial charge is 0.473 e. The summed E-state index contributed by atoms with van der Waals surface area (Å²) < 4.78 is 20.1. The molecule has 0 fully saturated rings. The highest BCUT2D eigenvalue weighted by Gasteiger charge is 2.40. The zero-order chi connectivity index (χ0) is 16.0. The number of esters is 3.